The Kier molecular flexibility index (Phi) is 6.87. The summed E-state index contributed by atoms with van der Waals surface area (Å²) in [6, 6.07) is 10.3. The number of methoxy groups -OCH3 is 1. The van der Waals surface area contributed by atoms with Crippen LogP contribution in [0.4, 0.5) is 4.39 Å². The molecular weight excluding hydrogens is 402 g/mol. The van der Waals surface area contributed by atoms with E-state index in [-0.39, 0.29) is 29.6 Å². The lowest BCUT2D eigenvalue weighted by atomic mass is 10.1. The van der Waals surface area contributed by atoms with Gasteiger partial charge in [-0.2, -0.15) is 4.31 Å². The minimum absolute atomic E-state index is 0. The number of halogens is 3. The molecule has 2 aromatic rings. The molecule has 0 amide bonds. The van der Waals surface area contributed by atoms with Crippen molar-refractivity contribution in [3.05, 3.63) is 58.9 Å². The summed E-state index contributed by atoms with van der Waals surface area (Å²) in [6.07, 6.45) is 0. The van der Waals surface area contributed by atoms with Crippen molar-refractivity contribution in [3.63, 3.8) is 0 Å². The van der Waals surface area contributed by atoms with Crippen LogP contribution in [-0.2, 0) is 10.0 Å². The van der Waals surface area contributed by atoms with Gasteiger partial charge in [-0.1, -0.05) is 29.8 Å². The molecule has 1 aliphatic heterocycles. The molecule has 2 aromatic carbocycles. The maximum atomic E-state index is 14.0. The average Bonchev–Trinajstić information content (AvgIpc) is 2.62. The molecule has 1 aliphatic rings. The van der Waals surface area contributed by atoms with E-state index in [4.69, 9.17) is 16.3 Å². The zero-order chi connectivity index (χ0) is 18.0. The third kappa shape index (κ3) is 3.97. The molecule has 0 aromatic heterocycles. The molecule has 3 rings (SSSR count). The van der Waals surface area contributed by atoms with Gasteiger partial charge in [0, 0.05) is 24.7 Å². The minimum atomic E-state index is -3.88. The number of hydrogen-bond acceptors (Lipinski definition) is 4. The van der Waals surface area contributed by atoms with Crippen LogP contribution >= 0.6 is 24.0 Å². The SMILES string of the molecule is COc1ccc(S(=O)(=O)N2CCNCC2c2ccccc2Cl)cc1F.Cl. The second-order valence-electron chi connectivity index (χ2n) is 5.65. The lowest BCUT2D eigenvalue weighted by Gasteiger charge is -2.35. The van der Waals surface area contributed by atoms with Crippen molar-refractivity contribution < 1.29 is 17.5 Å². The maximum Gasteiger partial charge on any atom is 0.243 e. The summed E-state index contributed by atoms with van der Waals surface area (Å²) < 4.78 is 46.4. The van der Waals surface area contributed by atoms with Crippen LogP contribution in [0.2, 0.25) is 5.02 Å². The van der Waals surface area contributed by atoms with E-state index in [1.165, 1.54) is 23.5 Å². The molecule has 0 aliphatic carbocycles. The Morgan fingerprint density at radius 2 is 2.00 bits per heavy atom. The van der Waals surface area contributed by atoms with E-state index < -0.39 is 21.9 Å². The first-order valence-corrected chi connectivity index (χ1v) is 9.57. The molecule has 1 atom stereocenters. The fourth-order valence-electron chi connectivity index (χ4n) is 2.93. The summed E-state index contributed by atoms with van der Waals surface area (Å²) in [7, 11) is -2.55. The molecule has 0 spiro atoms. The van der Waals surface area contributed by atoms with Gasteiger partial charge < -0.3 is 10.1 Å². The molecule has 0 radical (unpaired) electrons. The van der Waals surface area contributed by atoms with Crippen molar-refractivity contribution in [3.8, 4) is 5.75 Å². The van der Waals surface area contributed by atoms with Crippen LogP contribution in [0.5, 0.6) is 5.75 Å². The first-order chi connectivity index (χ1) is 11.9. The molecule has 1 saturated heterocycles. The quantitative estimate of drug-likeness (QED) is 0.824. The Hall–Kier alpha value is -1.38. The Bertz CT molecular complexity index is 880. The van der Waals surface area contributed by atoms with Crippen molar-refractivity contribution in [1.29, 1.82) is 0 Å². The molecule has 9 heteroatoms. The largest absolute Gasteiger partial charge is 0.494 e. The minimum Gasteiger partial charge on any atom is -0.494 e. The van der Waals surface area contributed by atoms with Crippen molar-refractivity contribution in [2.75, 3.05) is 26.7 Å². The van der Waals surface area contributed by atoms with Gasteiger partial charge in [0.1, 0.15) is 0 Å². The van der Waals surface area contributed by atoms with Crippen LogP contribution in [0.3, 0.4) is 0 Å². The lowest BCUT2D eigenvalue weighted by Crippen LogP contribution is -2.48. The van der Waals surface area contributed by atoms with Crippen LogP contribution in [0.25, 0.3) is 0 Å². The van der Waals surface area contributed by atoms with Gasteiger partial charge in [0.2, 0.25) is 10.0 Å². The highest BCUT2D eigenvalue weighted by atomic mass is 35.5. The summed E-state index contributed by atoms with van der Waals surface area (Å²) in [4.78, 5) is -0.107. The highest BCUT2D eigenvalue weighted by Gasteiger charge is 2.35. The summed E-state index contributed by atoms with van der Waals surface area (Å²) in [5.74, 6) is -0.713. The van der Waals surface area contributed by atoms with Gasteiger partial charge in [0.15, 0.2) is 11.6 Å². The van der Waals surface area contributed by atoms with Crippen LogP contribution < -0.4 is 10.1 Å². The van der Waals surface area contributed by atoms with E-state index in [0.717, 1.165) is 6.07 Å². The number of nitrogens with zero attached hydrogens (tertiary/aromatic N) is 1. The predicted octanol–water partition coefficient (Wildman–Crippen LogP) is 3.24. The standard InChI is InChI=1S/C17H18ClFN2O3S.ClH/c1-24-17-7-6-12(10-15(17)19)25(22,23)21-9-8-20-11-16(21)13-4-2-3-5-14(13)18;/h2-7,10,16,20H,8-9,11H2,1H3;1H. The van der Waals surface area contributed by atoms with Gasteiger partial charge in [-0.25, -0.2) is 12.8 Å². The van der Waals surface area contributed by atoms with Gasteiger partial charge in [-0.3, -0.25) is 0 Å². The molecule has 142 valence electrons. The number of ether oxygens (including phenoxy) is 1. The molecule has 0 bridgehead atoms. The fraction of sp³-hybridized carbons (Fsp3) is 0.294. The number of nitrogens with one attached hydrogen (secondary N) is 1. The third-order valence-corrected chi connectivity index (χ3v) is 6.44. The molecular formula is C17H19Cl2FN2O3S. The smallest absolute Gasteiger partial charge is 0.243 e. The number of benzene rings is 2. The summed E-state index contributed by atoms with van der Waals surface area (Å²) >= 11 is 6.26. The van der Waals surface area contributed by atoms with E-state index in [9.17, 15) is 12.8 Å². The fourth-order valence-corrected chi connectivity index (χ4v) is 4.81. The lowest BCUT2D eigenvalue weighted by molar-refractivity contribution is 0.271. The third-order valence-electron chi connectivity index (χ3n) is 4.19. The molecule has 0 saturated carbocycles. The normalized spacial score (nSPS) is 18.2. The van der Waals surface area contributed by atoms with Crippen LogP contribution in [0.1, 0.15) is 11.6 Å². The van der Waals surface area contributed by atoms with Crippen LogP contribution in [-0.4, -0.2) is 39.5 Å². The Morgan fingerprint density at radius 1 is 1.27 bits per heavy atom. The van der Waals surface area contributed by atoms with Crippen molar-refractivity contribution in [2.45, 2.75) is 10.9 Å². The van der Waals surface area contributed by atoms with E-state index in [1.807, 2.05) is 6.07 Å². The highest BCUT2D eigenvalue weighted by molar-refractivity contribution is 7.89. The Balaban J connectivity index is 0.00000243. The van der Waals surface area contributed by atoms with Crippen molar-refractivity contribution in [1.82, 2.24) is 9.62 Å². The molecule has 26 heavy (non-hydrogen) atoms. The zero-order valence-electron chi connectivity index (χ0n) is 14.0. The molecule has 1 heterocycles. The number of piperazine rings is 1. The number of hydrogen-bond donors (Lipinski definition) is 1. The first kappa shape index (κ1) is 20.9. The van der Waals surface area contributed by atoms with E-state index in [0.29, 0.717) is 23.7 Å². The molecule has 1 fully saturated rings. The van der Waals surface area contributed by atoms with Gasteiger partial charge in [0.25, 0.3) is 0 Å². The average molecular weight is 421 g/mol. The van der Waals surface area contributed by atoms with Crippen LogP contribution in [0, 0.1) is 5.82 Å². The summed E-state index contributed by atoms with van der Waals surface area (Å²) in [6.45, 7) is 1.21. The molecule has 1 unspecified atom stereocenters. The number of sulfonamides is 1. The summed E-state index contributed by atoms with van der Waals surface area (Å²) in [5.41, 5.74) is 0.717. The second-order valence-corrected chi connectivity index (χ2v) is 7.95. The molecule has 5 nitrogen and oxygen atoms in total. The van der Waals surface area contributed by atoms with E-state index >= 15 is 0 Å². The van der Waals surface area contributed by atoms with Gasteiger partial charge in [0.05, 0.1) is 18.0 Å². The monoisotopic (exact) mass is 420 g/mol. The van der Waals surface area contributed by atoms with Crippen LogP contribution in [0.15, 0.2) is 47.4 Å². The van der Waals surface area contributed by atoms with E-state index in [2.05, 4.69) is 5.32 Å². The van der Waals surface area contributed by atoms with Gasteiger partial charge in [-0.05, 0) is 29.8 Å². The van der Waals surface area contributed by atoms with Crippen molar-refractivity contribution in [2.24, 2.45) is 0 Å². The zero-order valence-corrected chi connectivity index (χ0v) is 16.4. The van der Waals surface area contributed by atoms with Gasteiger partial charge in [-0.15, -0.1) is 12.4 Å². The molecule has 1 N–H and O–H groups in total. The summed E-state index contributed by atoms with van der Waals surface area (Å²) in [5, 5.41) is 3.68. The number of rotatable bonds is 4. The van der Waals surface area contributed by atoms with Gasteiger partial charge >= 0.3 is 0 Å². The van der Waals surface area contributed by atoms with Crippen molar-refractivity contribution >= 4 is 34.0 Å². The Morgan fingerprint density at radius 3 is 2.65 bits per heavy atom. The highest BCUT2D eigenvalue weighted by Crippen LogP contribution is 2.33. The predicted molar refractivity (Wildman–Crippen MR) is 101 cm³/mol. The second kappa shape index (κ2) is 8.54. The topological polar surface area (TPSA) is 58.6 Å². The Labute approximate surface area is 163 Å². The maximum absolute atomic E-state index is 14.0. The first-order valence-electron chi connectivity index (χ1n) is 7.75. The van der Waals surface area contributed by atoms with E-state index in [1.54, 1.807) is 18.2 Å².